The molecule has 0 saturated carbocycles. The number of hydrogen-bond donors (Lipinski definition) is 1. The summed E-state index contributed by atoms with van der Waals surface area (Å²) in [5.74, 6) is -2.35. The van der Waals surface area contributed by atoms with Crippen LogP contribution in [0.3, 0.4) is 0 Å². The van der Waals surface area contributed by atoms with Crippen molar-refractivity contribution in [2.45, 2.75) is 13.1 Å². The first-order valence-corrected chi connectivity index (χ1v) is 4.24. The molecular formula is C9H6F3NO4. The highest BCUT2D eigenvalue weighted by atomic mass is 19.4. The summed E-state index contributed by atoms with van der Waals surface area (Å²) in [6.45, 7) is 0.953. The van der Waals surface area contributed by atoms with Crippen LogP contribution in [0.25, 0.3) is 0 Å². The molecule has 0 unspecified atom stereocenters. The van der Waals surface area contributed by atoms with Crippen molar-refractivity contribution in [1.29, 1.82) is 0 Å². The average Bonchev–Trinajstić information content (AvgIpc) is 2.13. The Morgan fingerprint density at radius 2 is 1.94 bits per heavy atom. The second-order valence-corrected chi connectivity index (χ2v) is 3.17. The van der Waals surface area contributed by atoms with Crippen LogP contribution in [0, 0.1) is 10.1 Å². The summed E-state index contributed by atoms with van der Waals surface area (Å²) in [7, 11) is 0. The van der Waals surface area contributed by atoms with Crippen LogP contribution in [0.4, 0.5) is 18.9 Å². The van der Waals surface area contributed by atoms with Crippen molar-refractivity contribution < 1.29 is 28.0 Å². The SMILES string of the molecule is CC(=O)c1ccc(C(F)(F)F)c(O)c1[N+](=O)[O-]. The fourth-order valence-corrected chi connectivity index (χ4v) is 1.28. The molecule has 1 N–H and O–H groups in total. The van der Waals surface area contributed by atoms with E-state index in [9.17, 15) is 33.2 Å². The Balaban J connectivity index is 3.61. The van der Waals surface area contributed by atoms with Crippen molar-refractivity contribution in [2.75, 3.05) is 0 Å². The lowest BCUT2D eigenvalue weighted by atomic mass is 10.0. The van der Waals surface area contributed by atoms with E-state index >= 15 is 0 Å². The van der Waals surface area contributed by atoms with Crippen LogP contribution < -0.4 is 0 Å². The van der Waals surface area contributed by atoms with Gasteiger partial charge in [-0.2, -0.15) is 13.2 Å². The zero-order chi connectivity index (χ0) is 13.4. The molecule has 0 bridgehead atoms. The normalized spacial score (nSPS) is 11.3. The van der Waals surface area contributed by atoms with Gasteiger partial charge in [0.1, 0.15) is 5.56 Å². The predicted molar refractivity (Wildman–Crippen MR) is 49.8 cm³/mol. The van der Waals surface area contributed by atoms with Crippen molar-refractivity contribution in [3.8, 4) is 5.75 Å². The number of benzene rings is 1. The first-order chi connectivity index (χ1) is 7.66. The molecule has 0 aliphatic heterocycles. The van der Waals surface area contributed by atoms with Gasteiger partial charge in [0.05, 0.1) is 10.5 Å². The molecular weight excluding hydrogens is 243 g/mol. The highest BCUT2D eigenvalue weighted by molar-refractivity contribution is 5.99. The lowest BCUT2D eigenvalue weighted by Gasteiger charge is -2.10. The van der Waals surface area contributed by atoms with Gasteiger partial charge in [-0.25, -0.2) is 0 Å². The third-order valence-corrected chi connectivity index (χ3v) is 2.02. The van der Waals surface area contributed by atoms with Crippen LogP contribution in [0.1, 0.15) is 22.8 Å². The topological polar surface area (TPSA) is 80.4 Å². The summed E-state index contributed by atoms with van der Waals surface area (Å²) in [5.41, 5.74) is -3.35. The number of phenolic OH excluding ortho intramolecular Hbond substituents is 1. The fraction of sp³-hybridized carbons (Fsp3) is 0.222. The van der Waals surface area contributed by atoms with Crippen LogP contribution in [0.2, 0.25) is 0 Å². The molecule has 1 aromatic rings. The molecule has 17 heavy (non-hydrogen) atoms. The maximum absolute atomic E-state index is 12.4. The largest absolute Gasteiger partial charge is 0.502 e. The number of ketones is 1. The number of hydrogen-bond acceptors (Lipinski definition) is 4. The second kappa shape index (κ2) is 4.04. The zero-order valence-electron chi connectivity index (χ0n) is 8.41. The van der Waals surface area contributed by atoms with Gasteiger partial charge in [-0.1, -0.05) is 0 Å². The number of nitro benzene ring substituents is 1. The van der Waals surface area contributed by atoms with Crippen LogP contribution in [-0.2, 0) is 6.18 Å². The molecule has 0 aromatic heterocycles. The molecule has 0 aliphatic rings. The number of nitrogens with zero attached hydrogens (tertiary/aromatic N) is 1. The molecule has 0 spiro atoms. The van der Waals surface area contributed by atoms with Gasteiger partial charge in [0.15, 0.2) is 5.78 Å². The molecule has 0 radical (unpaired) electrons. The maximum Gasteiger partial charge on any atom is 0.420 e. The van der Waals surface area contributed by atoms with Crippen LogP contribution in [0.15, 0.2) is 12.1 Å². The molecule has 1 rings (SSSR count). The smallest absolute Gasteiger partial charge is 0.420 e. The molecule has 0 fully saturated rings. The lowest BCUT2D eigenvalue weighted by Crippen LogP contribution is -2.09. The minimum absolute atomic E-state index is 0.430. The van der Waals surface area contributed by atoms with Gasteiger partial charge in [0, 0.05) is 0 Å². The van der Waals surface area contributed by atoms with Gasteiger partial charge in [-0.15, -0.1) is 0 Å². The van der Waals surface area contributed by atoms with E-state index in [2.05, 4.69) is 0 Å². The number of carbonyl (C=O) groups excluding carboxylic acids is 1. The molecule has 0 amide bonds. The quantitative estimate of drug-likeness (QED) is 0.496. The van der Waals surface area contributed by atoms with Crippen molar-refractivity contribution in [2.24, 2.45) is 0 Å². The minimum Gasteiger partial charge on any atom is -0.502 e. The van der Waals surface area contributed by atoms with E-state index in [0.29, 0.717) is 12.1 Å². The molecule has 0 heterocycles. The number of aromatic hydroxyl groups is 1. The van der Waals surface area contributed by atoms with Crippen LogP contribution in [0.5, 0.6) is 5.75 Å². The minimum atomic E-state index is -4.93. The van der Waals surface area contributed by atoms with Gasteiger partial charge >= 0.3 is 11.9 Å². The number of halogens is 3. The molecule has 0 aliphatic carbocycles. The molecule has 1 aromatic carbocycles. The Bertz CT molecular complexity index is 496. The Morgan fingerprint density at radius 1 is 1.41 bits per heavy atom. The highest BCUT2D eigenvalue weighted by Crippen LogP contribution is 2.42. The second-order valence-electron chi connectivity index (χ2n) is 3.17. The maximum atomic E-state index is 12.4. The summed E-state index contributed by atoms with van der Waals surface area (Å²) in [5, 5.41) is 19.8. The lowest BCUT2D eigenvalue weighted by molar-refractivity contribution is -0.386. The van der Waals surface area contributed by atoms with E-state index in [1.807, 2.05) is 0 Å². The Labute approximate surface area is 92.6 Å². The summed E-state index contributed by atoms with van der Waals surface area (Å²) < 4.78 is 37.1. The summed E-state index contributed by atoms with van der Waals surface area (Å²) in [6, 6.07) is 1.10. The van der Waals surface area contributed by atoms with E-state index in [4.69, 9.17) is 0 Å². The van der Waals surface area contributed by atoms with E-state index in [0.717, 1.165) is 6.92 Å². The molecule has 92 valence electrons. The number of alkyl halides is 3. The van der Waals surface area contributed by atoms with Gasteiger partial charge in [-0.3, -0.25) is 14.9 Å². The van der Waals surface area contributed by atoms with Crippen molar-refractivity contribution in [1.82, 2.24) is 0 Å². The van der Waals surface area contributed by atoms with Crippen LogP contribution >= 0.6 is 0 Å². The monoisotopic (exact) mass is 249 g/mol. The molecule has 5 nitrogen and oxygen atoms in total. The number of phenols is 1. The predicted octanol–water partition coefficient (Wildman–Crippen LogP) is 2.52. The zero-order valence-corrected chi connectivity index (χ0v) is 8.41. The van der Waals surface area contributed by atoms with Gasteiger partial charge in [0.25, 0.3) is 0 Å². The number of Topliss-reactive ketones (excluding diaryl/α,β-unsaturated/α-hetero) is 1. The van der Waals surface area contributed by atoms with Gasteiger partial charge < -0.3 is 5.11 Å². The first-order valence-electron chi connectivity index (χ1n) is 4.24. The fourth-order valence-electron chi connectivity index (χ4n) is 1.28. The standard InChI is InChI=1S/C9H6F3NO4/c1-4(14)5-2-3-6(9(10,11)12)8(15)7(5)13(16)17/h2-3,15H,1H3. The Morgan fingerprint density at radius 3 is 2.29 bits per heavy atom. The van der Waals surface area contributed by atoms with Crippen LogP contribution in [-0.4, -0.2) is 15.8 Å². The third kappa shape index (κ3) is 2.35. The highest BCUT2D eigenvalue weighted by Gasteiger charge is 2.38. The molecule has 8 heteroatoms. The van der Waals surface area contributed by atoms with E-state index in [1.165, 1.54) is 0 Å². The van der Waals surface area contributed by atoms with Crippen molar-refractivity contribution in [3.05, 3.63) is 33.4 Å². The van der Waals surface area contributed by atoms with E-state index in [1.54, 1.807) is 0 Å². The van der Waals surface area contributed by atoms with Gasteiger partial charge in [0.2, 0.25) is 5.75 Å². The first kappa shape index (κ1) is 12.9. The molecule has 0 atom stereocenters. The Kier molecular flexibility index (Phi) is 3.08. The van der Waals surface area contributed by atoms with Crippen molar-refractivity contribution in [3.63, 3.8) is 0 Å². The van der Waals surface area contributed by atoms with Crippen molar-refractivity contribution >= 4 is 11.5 Å². The summed E-state index contributed by atoms with van der Waals surface area (Å²) >= 11 is 0. The molecule has 0 saturated heterocycles. The number of rotatable bonds is 2. The number of carbonyl (C=O) groups is 1. The number of nitro groups is 1. The van der Waals surface area contributed by atoms with E-state index < -0.39 is 39.4 Å². The Hall–Kier alpha value is -2.12. The van der Waals surface area contributed by atoms with Gasteiger partial charge in [-0.05, 0) is 19.1 Å². The third-order valence-electron chi connectivity index (χ3n) is 2.02. The average molecular weight is 249 g/mol. The van der Waals surface area contributed by atoms with E-state index in [-0.39, 0.29) is 0 Å². The summed E-state index contributed by atoms with van der Waals surface area (Å²) in [6.07, 6.45) is -4.93. The summed E-state index contributed by atoms with van der Waals surface area (Å²) in [4.78, 5) is 20.3.